The molecule has 1 heterocycles. The van der Waals surface area contributed by atoms with Crippen LogP contribution in [0.5, 0.6) is 5.75 Å². The summed E-state index contributed by atoms with van der Waals surface area (Å²) in [6.45, 7) is 0. The number of ether oxygens (including phenoxy) is 1. The molecule has 0 fully saturated rings. The highest BCUT2D eigenvalue weighted by Crippen LogP contribution is 2.24. The van der Waals surface area contributed by atoms with E-state index in [0.717, 1.165) is 24.3 Å². The molecule has 106 valence electrons. The lowest BCUT2D eigenvalue weighted by Crippen LogP contribution is -2.29. The fourth-order valence-corrected chi connectivity index (χ4v) is 2.31. The summed E-state index contributed by atoms with van der Waals surface area (Å²) in [5.74, 6) is 6.47. The summed E-state index contributed by atoms with van der Waals surface area (Å²) in [6.07, 6.45) is 3.42. The number of nitrogens with zero attached hydrogens (tertiary/aromatic N) is 1. The van der Waals surface area contributed by atoms with Gasteiger partial charge in [0, 0.05) is 6.20 Å². The Morgan fingerprint density at radius 2 is 2.05 bits per heavy atom. The molecule has 5 heteroatoms. The molecule has 0 radical (unpaired) electrons. The Hall–Kier alpha value is -1.62. The summed E-state index contributed by atoms with van der Waals surface area (Å²) in [5, 5.41) is 0.630. The van der Waals surface area contributed by atoms with E-state index in [1.807, 2.05) is 36.4 Å². The van der Waals surface area contributed by atoms with Crippen molar-refractivity contribution >= 4 is 11.6 Å². The van der Waals surface area contributed by atoms with Gasteiger partial charge in [-0.25, -0.2) is 0 Å². The van der Waals surface area contributed by atoms with Crippen LogP contribution in [-0.2, 0) is 6.42 Å². The van der Waals surface area contributed by atoms with Crippen LogP contribution in [0.25, 0.3) is 0 Å². The Bertz CT molecular complexity index is 545. The zero-order valence-corrected chi connectivity index (χ0v) is 12.1. The van der Waals surface area contributed by atoms with Crippen LogP contribution in [-0.4, -0.2) is 12.1 Å². The van der Waals surface area contributed by atoms with Crippen LogP contribution in [0.15, 0.2) is 42.6 Å². The number of benzene rings is 1. The Kier molecular flexibility index (Phi) is 5.35. The summed E-state index contributed by atoms with van der Waals surface area (Å²) in [6, 6.07) is 11.6. The molecule has 0 saturated heterocycles. The largest absolute Gasteiger partial charge is 0.497 e. The molecule has 1 unspecified atom stereocenters. The van der Waals surface area contributed by atoms with Crippen LogP contribution in [0.1, 0.15) is 23.7 Å². The number of halogens is 1. The Morgan fingerprint density at radius 1 is 1.30 bits per heavy atom. The number of nitrogens with one attached hydrogen (secondary N) is 1. The van der Waals surface area contributed by atoms with Crippen molar-refractivity contribution in [3.8, 4) is 5.75 Å². The van der Waals surface area contributed by atoms with Gasteiger partial charge < -0.3 is 4.74 Å². The maximum Gasteiger partial charge on any atom is 0.118 e. The minimum absolute atomic E-state index is 0.0641. The van der Waals surface area contributed by atoms with Gasteiger partial charge in [0.05, 0.1) is 23.9 Å². The van der Waals surface area contributed by atoms with Crippen LogP contribution >= 0.6 is 11.6 Å². The number of methoxy groups -OCH3 is 1. The molecule has 0 amide bonds. The molecule has 2 aromatic rings. The van der Waals surface area contributed by atoms with E-state index in [1.54, 1.807) is 13.3 Å². The number of aryl methyl sites for hydroxylation is 1. The molecule has 2 rings (SSSR count). The van der Waals surface area contributed by atoms with Gasteiger partial charge in [-0.15, -0.1) is 0 Å². The average Bonchev–Trinajstić information content (AvgIpc) is 2.50. The number of nitrogens with two attached hydrogens (primary N) is 1. The fourth-order valence-electron chi connectivity index (χ4n) is 2.06. The number of aromatic nitrogens is 1. The predicted octanol–water partition coefficient (Wildman–Crippen LogP) is 2.88. The molecule has 0 aliphatic carbocycles. The predicted molar refractivity (Wildman–Crippen MR) is 80.6 cm³/mol. The van der Waals surface area contributed by atoms with Gasteiger partial charge in [0.25, 0.3) is 0 Å². The molecule has 0 aliphatic heterocycles. The first-order valence-electron chi connectivity index (χ1n) is 6.44. The molecule has 0 spiro atoms. The van der Waals surface area contributed by atoms with E-state index in [9.17, 15) is 0 Å². The van der Waals surface area contributed by atoms with Crippen molar-refractivity contribution in [1.29, 1.82) is 0 Å². The van der Waals surface area contributed by atoms with Crippen LogP contribution in [0.4, 0.5) is 0 Å². The standard InChI is InChI=1S/C15H18ClN3O/c1-20-12-7-4-11(5-8-12)6-9-14(19-17)15-13(16)3-2-10-18-15/h2-5,7-8,10,14,19H,6,9,17H2,1H3. The maximum atomic E-state index is 6.14. The molecular weight excluding hydrogens is 274 g/mol. The van der Waals surface area contributed by atoms with Crippen molar-refractivity contribution in [3.63, 3.8) is 0 Å². The van der Waals surface area contributed by atoms with Crippen molar-refractivity contribution in [1.82, 2.24) is 10.4 Å². The average molecular weight is 292 g/mol. The van der Waals surface area contributed by atoms with Gasteiger partial charge >= 0.3 is 0 Å². The van der Waals surface area contributed by atoms with E-state index in [4.69, 9.17) is 22.2 Å². The topological polar surface area (TPSA) is 60.2 Å². The molecule has 0 aliphatic rings. The van der Waals surface area contributed by atoms with Crippen molar-refractivity contribution in [2.45, 2.75) is 18.9 Å². The zero-order chi connectivity index (χ0) is 14.4. The highest BCUT2D eigenvalue weighted by Gasteiger charge is 2.14. The molecule has 4 nitrogen and oxygen atoms in total. The second kappa shape index (κ2) is 7.24. The zero-order valence-electron chi connectivity index (χ0n) is 11.3. The van der Waals surface area contributed by atoms with E-state index in [0.29, 0.717) is 5.02 Å². The van der Waals surface area contributed by atoms with E-state index in [1.165, 1.54) is 5.56 Å². The maximum absolute atomic E-state index is 6.14. The lowest BCUT2D eigenvalue weighted by atomic mass is 10.0. The summed E-state index contributed by atoms with van der Waals surface area (Å²) >= 11 is 6.14. The van der Waals surface area contributed by atoms with Gasteiger partial charge in [0.1, 0.15) is 5.75 Å². The van der Waals surface area contributed by atoms with E-state index >= 15 is 0 Å². The molecule has 1 aromatic heterocycles. The lowest BCUT2D eigenvalue weighted by molar-refractivity contribution is 0.414. The first kappa shape index (κ1) is 14.8. The third-order valence-electron chi connectivity index (χ3n) is 3.20. The van der Waals surface area contributed by atoms with E-state index < -0.39 is 0 Å². The van der Waals surface area contributed by atoms with Crippen molar-refractivity contribution in [2.24, 2.45) is 5.84 Å². The van der Waals surface area contributed by atoms with Crippen LogP contribution in [0, 0.1) is 0 Å². The van der Waals surface area contributed by atoms with Crippen LogP contribution in [0.2, 0.25) is 5.02 Å². The Balaban J connectivity index is 2.02. The SMILES string of the molecule is COc1ccc(CCC(NN)c2ncccc2Cl)cc1. The molecular formula is C15H18ClN3O. The molecule has 0 saturated carbocycles. The van der Waals surface area contributed by atoms with Crippen molar-refractivity contribution in [2.75, 3.05) is 7.11 Å². The smallest absolute Gasteiger partial charge is 0.118 e. The van der Waals surface area contributed by atoms with Gasteiger partial charge in [-0.3, -0.25) is 16.3 Å². The van der Waals surface area contributed by atoms with Crippen molar-refractivity contribution in [3.05, 3.63) is 58.9 Å². The Morgan fingerprint density at radius 3 is 2.65 bits per heavy atom. The van der Waals surface area contributed by atoms with Gasteiger partial charge in [-0.2, -0.15) is 0 Å². The summed E-state index contributed by atoms with van der Waals surface area (Å²) in [4.78, 5) is 4.29. The third kappa shape index (κ3) is 3.70. The lowest BCUT2D eigenvalue weighted by Gasteiger charge is -2.16. The van der Waals surface area contributed by atoms with Gasteiger partial charge in [-0.1, -0.05) is 23.7 Å². The van der Waals surface area contributed by atoms with Gasteiger partial charge in [-0.05, 0) is 42.7 Å². The quantitative estimate of drug-likeness (QED) is 0.635. The van der Waals surface area contributed by atoms with E-state index in [2.05, 4.69) is 10.4 Å². The third-order valence-corrected chi connectivity index (χ3v) is 3.52. The molecule has 3 N–H and O–H groups in total. The number of hydrogen-bond donors (Lipinski definition) is 2. The first-order chi connectivity index (χ1) is 9.74. The second-order valence-electron chi connectivity index (χ2n) is 4.48. The van der Waals surface area contributed by atoms with Gasteiger partial charge in [0.15, 0.2) is 0 Å². The summed E-state index contributed by atoms with van der Waals surface area (Å²) < 4.78 is 5.14. The number of hydrazine groups is 1. The van der Waals surface area contributed by atoms with Crippen LogP contribution in [0.3, 0.4) is 0 Å². The highest BCUT2D eigenvalue weighted by molar-refractivity contribution is 6.31. The molecule has 1 atom stereocenters. The van der Waals surface area contributed by atoms with E-state index in [-0.39, 0.29) is 6.04 Å². The monoisotopic (exact) mass is 291 g/mol. The normalized spacial score (nSPS) is 12.2. The number of hydrogen-bond acceptors (Lipinski definition) is 4. The van der Waals surface area contributed by atoms with Gasteiger partial charge in [0.2, 0.25) is 0 Å². The minimum atomic E-state index is -0.0641. The minimum Gasteiger partial charge on any atom is -0.497 e. The molecule has 0 bridgehead atoms. The second-order valence-corrected chi connectivity index (χ2v) is 4.88. The first-order valence-corrected chi connectivity index (χ1v) is 6.82. The fraction of sp³-hybridized carbons (Fsp3) is 0.267. The highest BCUT2D eigenvalue weighted by atomic mass is 35.5. The van der Waals surface area contributed by atoms with Crippen LogP contribution < -0.4 is 16.0 Å². The summed E-state index contributed by atoms with van der Waals surface area (Å²) in [7, 11) is 1.66. The summed E-state index contributed by atoms with van der Waals surface area (Å²) in [5.41, 5.74) is 4.78. The number of pyridine rings is 1. The molecule has 1 aromatic carbocycles. The molecule has 20 heavy (non-hydrogen) atoms. The number of rotatable bonds is 6. The van der Waals surface area contributed by atoms with Crippen molar-refractivity contribution < 1.29 is 4.74 Å². The Labute approximate surface area is 123 Å².